The van der Waals surface area contributed by atoms with Gasteiger partial charge in [0.2, 0.25) is 0 Å². The molecule has 0 atom stereocenters. The molecule has 0 radical (unpaired) electrons. The van der Waals surface area contributed by atoms with E-state index in [1.165, 1.54) is 5.56 Å². The zero-order valence-corrected chi connectivity index (χ0v) is 13.3. The van der Waals surface area contributed by atoms with Crippen LogP contribution >= 0.6 is 0 Å². The number of Topliss-reactive ketones (excluding diaryl/α,β-unsaturated/α-hetero) is 1. The normalized spacial score (nSPS) is 15.3. The van der Waals surface area contributed by atoms with Crippen molar-refractivity contribution in [1.82, 2.24) is 0 Å². The molecule has 0 saturated carbocycles. The van der Waals surface area contributed by atoms with Gasteiger partial charge in [0.15, 0.2) is 5.78 Å². The maximum atomic E-state index is 12.6. The van der Waals surface area contributed by atoms with Crippen LogP contribution in [0.2, 0.25) is 0 Å². The first-order chi connectivity index (χ1) is 11.0. The minimum absolute atomic E-state index is 0.0285. The molecule has 0 fully saturated rings. The van der Waals surface area contributed by atoms with Gasteiger partial charge in [-0.15, -0.1) is 0 Å². The van der Waals surface area contributed by atoms with Crippen LogP contribution in [0.3, 0.4) is 0 Å². The van der Waals surface area contributed by atoms with E-state index in [9.17, 15) is 4.79 Å². The lowest BCUT2D eigenvalue weighted by Gasteiger charge is -2.29. The fourth-order valence-corrected chi connectivity index (χ4v) is 3.01. The topological polar surface area (TPSA) is 53.2 Å². The molecule has 0 amide bonds. The Morgan fingerprint density at radius 3 is 2.57 bits per heavy atom. The Labute approximate surface area is 136 Å². The Balaban J connectivity index is 1.90. The van der Waals surface area contributed by atoms with Gasteiger partial charge in [0, 0.05) is 5.56 Å². The summed E-state index contributed by atoms with van der Waals surface area (Å²) in [4.78, 5) is 17.4. The molecule has 1 heterocycles. The average molecular weight is 302 g/mol. The lowest BCUT2D eigenvalue weighted by atomic mass is 9.85. The molecule has 0 unspecified atom stereocenters. The number of rotatable bonds is 3. The van der Waals surface area contributed by atoms with Crippen LogP contribution in [0.15, 0.2) is 53.5 Å². The molecule has 2 aromatic carbocycles. The van der Waals surface area contributed by atoms with Crippen molar-refractivity contribution in [2.45, 2.75) is 32.2 Å². The van der Waals surface area contributed by atoms with E-state index in [4.69, 9.17) is 10.3 Å². The second-order valence-electron chi connectivity index (χ2n) is 6.49. The Morgan fingerprint density at radius 1 is 1.17 bits per heavy atom. The summed E-state index contributed by atoms with van der Waals surface area (Å²) < 4.78 is 0. The number of fused-ring (bicyclic) bond motifs is 1. The van der Waals surface area contributed by atoms with Gasteiger partial charge in [0.25, 0.3) is 0 Å². The molecule has 1 aliphatic heterocycles. The highest BCUT2D eigenvalue weighted by atomic mass is 16.1. The number of nitrogens with zero attached hydrogens (tertiary/aromatic N) is 2. The van der Waals surface area contributed by atoms with E-state index in [1.807, 2.05) is 18.2 Å². The number of hydrogen-bond acceptors (Lipinski definition) is 3. The van der Waals surface area contributed by atoms with Gasteiger partial charge in [0.05, 0.1) is 29.3 Å². The van der Waals surface area contributed by atoms with Crippen LogP contribution in [-0.4, -0.2) is 17.0 Å². The van der Waals surface area contributed by atoms with Crippen molar-refractivity contribution < 1.29 is 4.79 Å². The number of ketones is 1. The Bertz CT molecular complexity index is 823. The summed E-state index contributed by atoms with van der Waals surface area (Å²) in [7, 11) is 0. The fraction of sp³-hybridized carbons (Fsp3) is 0.250. The van der Waals surface area contributed by atoms with E-state index in [0.717, 1.165) is 17.7 Å². The van der Waals surface area contributed by atoms with E-state index in [0.29, 0.717) is 11.1 Å². The predicted molar refractivity (Wildman–Crippen MR) is 90.9 cm³/mol. The highest BCUT2D eigenvalue weighted by Crippen LogP contribution is 2.28. The van der Waals surface area contributed by atoms with Gasteiger partial charge >= 0.3 is 0 Å². The molecule has 0 aliphatic carbocycles. The standard InChI is InChI=1S/C20H18N2O/c1-20(2)12-16-5-3-4-6-17(16)18(22-20)11-19(23)15-9-7-14(13-21)8-10-15/h3-10H,11-12H2,1-2H3. The highest BCUT2D eigenvalue weighted by molar-refractivity contribution is 6.16. The second-order valence-corrected chi connectivity index (χ2v) is 6.49. The van der Waals surface area contributed by atoms with Crippen LogP contribution < -0.4 is 0 Å². The van der Waals surface area contributed by atoms with Gasteiger partial charge in [-0.25, -0.2) is 0 Å². The van der Waals surface area contributed by atoms with Crippen molar-refractivity contribution in [1.29, 1.82) is 5.26 Å². The first kappa shape index (κ1) is 15.2. The molecule has 2 aromatic rings. The van der Waals surface area contributed by atoms with Crippen LogP contribution in [0, 0.1) is 11.3 Å². The van der Waals surface area contributed by atoms with Crippen molar-refractivity contribution in [2.75, 3.05) is 0 Å². The van der Waals surface area contributed by atoms with Gasteiger partial charge in [0.1, 0.15) is 0 Å². The molecule has 3 nitrogen and oxygen atoms in total. The molecule has 1 aliphatic rings. The molecular weight excluding hydrogens is 284 g/mol. The molecule has 23 heavy (non-hydrogen) atoms. The van der Waals surface area contributed by atoms with Crippen molar-refractivity contribution in [3.63, 3.8) is 0 Å². The summed E-state index contributed by atoms with van der Waals surface area (Å²) in [6, 6.07) is 17.0. The maximum Gasteiger partial charge on any atom is 0.168 e. The quantitative estimate of drug-likeness (QED) is 0.806. The van der Waals surface area contributed by atoms with Crippen molar-refractivity contribution in [3.8, 4) is 6.07 Å². The zero-order chi connectivity index (χ0) is 16.4. The average Bonchev–Trinajstić information content (AvgIpc) is 2.54. The molecule has 3 heteroatoms. The van der Waals surface area contributed by atoms with Crippen LogP contribution in [-0.2, 0) is 6.42 Å². The summed E-state index contributed by atoms with van der Waals surface area (Å²) in [6.07, 6.45) is 1.17. The van der Waals surface area contributed by atoms with Gasteiger partial charge in [-0.05, 0) is 43.5 Å². The van der Waals surface area contributed by atoms with Crippen LogP contribution in [0.4, 0.5) is 0 Å². The minimum atomic E-state index is -0.186. The third kappa shape index (κ3) is 3.22. The number of carbonyl (C=O) groups is 1. The fourth-order valence-electron chi connectivity index (χ4n) is 3.01. The number of nitriles is 1. The molecule has 0 N–H and O–H groups in total. The number of hydrogen-bond donors (Lipinski definition) is 0. The van der Waals surface area contributed by atoms with E-state index < -0.39 is 0 Å². The molecule has 0 bridgehead atoms. The van der Waals surface area contributed by atoms with Gasteiger partial charge in [-0.2, -0.15) is 5.26 Å². The number of aliphatic imine (C=N–C) groups is 1. The summed E-state index contributed by atoms with van der Waals surface area (Å²) in [6.45, 7) is 4.18. The lowest BCUT2D eigenvalue weighted by molar-refractivity contribution is 0.100. The van der Waals surface area contributed by atoms with Crippen LogP contribution in [0.1, 0.15) is 47.3 Å². The maximum absolute atomic E-state index is 12.6. The van der Waals surface area contributed by atoms with Crippen LogP contribution in [0.5, 0.6) is 0 Å². The van der Waals surface area contributed by atoms with Gasteiger partial charge in [-0.1, -0.05) is 36.4 Å². The zero-order valence-electron chi connectivity index (χ0n) is 13.3. The molecule has 0 saturated heterocycles. The highest BCUT2D eigenvalue weighted by Gasteiger charge is 2.27. The number of benzene rings is 2. The van der Waals surface area contributed by atoms with E-state index in [-0.39, 0.29) is 17.7 Å². The lowest BCUT2D eigenvalue weighted by Crippen LogP contribution is -2.29. The first-order valence-electron chi connectivity index (χ1n) is 7.69. The monoisotopic (exact) mass is 302 g/mol. The third-order valence-corrected chi connectivity index (χ3v) is 4.05. The molecule has 0 spiro atoms. The van der Waals surface area contributed by atoms with Crippen LogP contribution in [0.25, 0.3) is 0 Å². The van der Waals surface area contributed by atoms with Crippen molar-refractivity contribution >= 4 is 11.5 Å². The Hall–Kier alpha value is -2.73. The Morgan fingerprint density at radius 2 is 1.87 bits per heavy atom. The summed E-state index contributed by atoms with van der Waals surface area (Å²) in [5.41, 5.74) is 4.17. The number of carbonyl (C=O) groups excluding carboxylic acids is 1. The molecule has 0 aromatic heterocycles. The van der Waals surface area contributed by atoms with E-state index in [2.05, 4.69) is 26.0 Å². The van der Waals surface area contributed by atoms with Crippen molar-refractivity contribution in [2.24, 2.45) is 4.99 Å². The predicted octanol–water partition coefficient (Wildman–Crippen LogP) is 3.96. The summed E-state index contributed by atoms with van der Waals surface area (Å²) in [5.74, 6) is 0.0285. The van der Waals surface area contributed by atoms with Crippen molar-refractivity contribution in [3.05, 3.63) is 70.8 Å². The molecular formula is C20H18N2O. The SMILES string of the molecule is CC1(C)Cc2ccccc2C(CC(=O)c2ccc(C#N)cc2)=N1. The minimum Gasteiger partial charge on any atom is -0.294 e. The Kier molecular flexibility index (Phi) is 3.83. The largest absolute Gasteiger partial charge is 0.294 e. The first-order valence-corrected chi connectivity index (χ1v) is 7.69. The molecule has 114 valence electrons. The van der Waals surface area contributed by atoms with E-state index in [1.54, 1.807) is 24.3 Å². The third-order valence-electron chi connectivity index (χ3n) is 4.05. The van der Waals surface area contributed by atoms with Gasteiger partial charge in [-0.3, -0.25) is 9.79 Å². The summed E-state index contributed by atoms with van der Waals surface area (Å²) >= 11 is 0. The summed E-state index contributed by atoms with van der Waals surface area (Å²) in [5, 5.41) is 8.84. The molecule has 3 rings (SSSR count). The van der Waals surface area contributed by atoms with E-state index >= 15 is 0 Å². The second kappa shape index (κ2) is 5.81. The van der Waals surface area contributed by atoms with Gasteiger partial charge < -0.3 is 0 Å². The smallest absolute Gasteiger partial charge is 0.168 e.